The molecule has 0 atom stereocenters. The normalized spacial score (nSPS) is 13.1. The zero-order chi connectivity index (χ0) is 50.0. The van der Waals surface area contributed by atoms with E-state index in [1.54, 1.807) is 0 Å². The number of rotatable bonds is 6. The first-order chi connectivity index (χ1) is 36.8. The van der Waals surface area contributed by atoms with Crippen LogP contribution in [0.15, 0.2) is 259 Å². The lowest BCUT2D eigenvalue weighted by atomic mass is 9.70. The van der Waals surface area contributed by atoms with Gasteiger partial charge < -0.3 is 9.32 Å². The number of hydrogen-bond acceptors (Lipinski definition) is 2. The van der Waals surface area contributed by atoms with Crippen molar-refractivity contribution in [2.24, 2.45) is 0 Å². The van der Waals surface area contributed by atoms with Crippen molar-refractivity contribution < 1.29 is 4.42 Å². The number of hydrogen-bond donors (Lipinski definition) is 0. The third-order valence-corrected chi connectivity index (χ3v) is 16.4. The number of benzene rings is 12. The molecule has 1 heterocycles. The molecule has 75 heavy (non-hydrogen) atoms. The van der Waals surface area contributed by atoms with Gasteiger partial charge in [0.2, 0.25) is 0 Å². The summed E-state index contributed by atoms with van der Waals surface area (Å²) in [6.45, 7) is 6.79. The molecule has 0 bridgehead atoms. The van der Waals surface area contributed by atoms with E-state index in [1.807, 2.05) is 0 Å². The molecule has 15 rings (SSSR count). The molecule has 1 aromatic heterocycles. The highest BCUT2D eigenvalue weighted by molar-refractivity contribution is 6.15. The summed E-state index contributed by atoms with van der Waals surface area (Å²) in [5.41, 5.74) is 23.3. The van der Waals surface area contributed by atoms with E-state index in [0.29, 0.717) is 0 Å². The molecule has 2 nitrogen and oxygen atoms in total. The lowest BCUT2D eigenvalue weighted by molar-refractivity contribution is 0.590. The van der Waals surface area contributed by atoms with Crippen molar-refractivity contribution in [3.63, 3.8) is 0 Å². The van der Waals surface area contributed by atoms with Crippen molar-refractivity contribution >= 4 is 60.5 Å². The maximum Gasteiger partial charge on any atom is 0.143 e. The smallest absolute Gasteiger partial charge is 0.143 e. The number of furan rings is 1. The van der Waals surface area contributed by atoms with Crippen LogP contribution in [0.1, 0.15) is 48.6 Å². The molecule has 12 aromatic carbocycles. The van der Waals surface area contributed by atoms with Gasteiger partial charge >= 0.3 is 0 Å². The minimum absolute atomic E-state index is 0.113. The first kappa shape index (κ1) is 43.4. The molecule has 0 fully saturated rings. The van der Waals surface area contributed by atoms with Gasteiger partial charge in [0, 0.05) is 33.3 Å². The molecular weight excluding hydrogens is 907 g/mol. The van der Waals surface area contributed by atoms with E-state index in [4.69, 9.17) is 4.42 Å². The van der Waals surface area contributed by atoms with Crippen LogP contribution in [-0.2, 0) is 10.8 Å². The summed E-state index contributed by atoms with van der Waals surface area (Å²) in [6, 6.07) is 94.8. The summed E-state index contributed by atoms with van der Waals surface area (Å²) >= 11 is 0. The van der Waals surface area contributed by atoms with Crippen LogP contribution in [-0.4, -0.2) is 0 Å². The molecular formula is C73H51NO. The van der Waals surface area contributed by atoms with E-state index in [1.165, 1.54) is 82.9 Å². The van der Waals surface area contributed by atoms with Gasteiger partial charge in [-0.2, -0.15) is 0 Å². The summed E-state index contributed by atoms with van der Waals surface area (Å²) in [7, 11) is 0. The molecule has 0 aliphatic heterocycles. The third kappa shape index (κ3) is 6.52. The monoisotopic (exact) mass is 957 g/mol. The van der Waals surface area contributed by atoms with Crippen LogP contribution in [0.4, 0.5) is 17.1 Å². The fraction of sp³-hybridized carbons (Fsp3) is 0.0685. The topological polar surface area (TPSA) is 16.4 Å². The first-order valence-corrected chi connectivity index (χ1v) is 26.2. The summed E-state index contributed by atoms with van der Waals surface area (Å²) in [5, 5.41) is 7.03. The Balaban J connectivity index is 0.951. The second kappa shape index (κ2) is 16.4. The van der Waals surface area contributed by atoms with Crippen LogP contribution in [0.3, 0.4) is 0 Å². The lowest BCUT2D eigenvalue weighted by Crippen LogP contribution is -2.25. The average molecular weight is 958 g/mol. The van der Waals surface area contributed by atoms with Crippen LogP contribution < -0.4 is 4.90 Å². The Labute approximate surface area is 437 Å². The molecule has 0 saturated carbocycles. The van der Waals surface area contributed by atoms with Gasteiger partial charge in [-0.05, 0) is 148 Å². The van der Waals surface area contributed by atoms with E-state index in [9.17, 15) is 0 Å². The largest absolute Gasteiger partial charge is 0.455 e. The molecule has 0 amide bonds. The van der Waals surface area contributed by atoms with Gasteiger partial charge in [0.05, 0.1) is 11.1 Å². The molecule has 13 aromatic rings. The minimum Gasteiger partial charge on any atom is -0.455 e. The number of nitrogens with zero attached hydrogens (tertiary/aromatic N) is 1. The van der Waals surface area contributed by atoms with E-state index >= 15 is 0 Å². The Bertz CT molecular complexity index is 4390. The quantitative estimate of drug-likeness (QED) is 0.165. The first-order valence-electron chi connectivity index (χ1n) is 26.2. The Morgan fingerprint density at radius 2 is 0.853 bits per heavy atom. The lowest BCUT2D eigenvalue weighted by Gasteiger charge is -2.32. The van der Waals surface area contributed by atoms with Crippen molar-refractivity contribution in [2.45, 2.75) is 31.6 Å². The SMILES string of the molecule is CC(C)(C)c1ccc(-c2ccc(-c3ccc(N(c4ccc5c(c4)-c4cc6ccccc6cc4C54c5ccccc5-c5ccccc54)c4ccc5ccccc5c4-c4cccc5c4oc4ccccc45)cc3)cc2)cc1. The van der Waals surface area contributed by atoms with Gasteiger partial charge in [-0.15, -0.1) is 0 Å². The summed E-state index contributed by atoms with van der Waals surface area (Å²) < 4.78 is 6.88. The van der Waals surface area contributed by atoms with Gasteiger partial charge in [-0.3, -0.25) is 0 Å². The highest BCUT2D eigenvalue weighted by atomic mass is 16.3. The molecule has 1 spiro atoms. The second-order valence-electron chi connectivity index (χ2n) is 21.6. The van der Waals surface area contributed by atoms with Crippen molar-refractivity contribution in [2.75, 3.05) is 4.90 Å². The van der Waals surface area contributed by atoms with Crippen LogP contribution >= 0.6 is 0 Å². The van der Waals surface area contributed by atoms with Crippen molar-refractivity contribution in [3.8, 4) is 55.6 Å². The Kier molecular flexibility index (Phi) is 9.47. The van der Waals surface area contributed by atoms with Crippen LogP contribution in [0.5, 0.6) is 0 Å². The molecule has 354 valence electrons. The predicted molar refractivity (Wildman–Crippen MR) is 315 cm³/mol. The number of fused-ring (bicyclic) bond motifs is 15. The Morgan fingerprint density at radius 3 is 1.53 bits per heavy atom. The summed E-state index contributed by atoms with van der Waals surface area (Å²) in [5.74, 6) is 0. The number of para-hydroxylation sites is 2. The van der Waals surface area contributed by atoms with Gasteiger partial charge in [0.1, 0.15) is 11.2 Å². The van der Waals surface area contributed by atoms with E-state index < -0.39 is 5.41 Å². The molecule has 0 saturated heterocycles. The van der Waals surface area contributed by atoms with Gasteiger partial charge in [-0.1, -0.05) is 227 Å². The summed E-state index contributed by atoms with van der Waals surface area (Å²) in [4.78, 5) is 2.49. The Hall–Kier alpha value is -9.24. The van der Waals surface area contributed by atoms with E-state index in [-0.39, 0.29) is 5.41 Å². The van der Waals surface area contributed by atoms with Crippen molar-refractivity contribution in [3.05, 3.63) is 283 Å². The average Bonchev–Trinajstić information content (AvgIpc) is 4.28. The molecule has 0 unspecified atom stereocenters. The second-order valence-corrected chi connectivity index (χ2v) is 21.6. The van der Waals surface area contributed by atoms with E-state index in [0.717, 1.165) is 61.1 Å². The van der Waals surface area contributed by atoms with Crippen LogP contribution in [0, 0.1) is 0 Å². The molecule has 2 aliphatic carbocycles. The fourth-order valence-electron chi connectivity index (χ4n) is 12.9. The molecule has 2 heteroatoms. The van der Waals surface area contributed by atoms with Gasteiger partial charge in [-0.25, -0.2) is 0 Å². The highest BCUT2D eigenvalue weighted by Gasteiger charge is 2.52. The van der Waals surface area contributed by atoms with Crippen LogP contribution in [0.2, 0.25) is 0 Å². The molecule has 0 N–H and O–H groups in total. The molecule has 0 radical (unpaired) electrons. The third-order valence-electron chi connectivity index (χ3n) is 16.4. The minimum atomic E-state index is -0.483. The highest BCUT2D eigenvalue weighted by Crippen LogP contribution is 2.64. The fourth-order valence-corrected chi connectivity index (χ4v) is 12.9. The zero-order valence-electron chi connectivity index (χ0n) is 42.1. The summed E-state index contributed by atoms with van der Waals surface area (Å²) in [6.07, 6.45) is 0. The van der Waals surface area contributed by atoms with E-state index in [2.05, 4.69) is 280 Å². The van der Waals surface area contributed by atoms with Crippen LogP contribution in [0.25, 0.3) is 99.1 Å². The zero-order valence-corrected chi connectivity index (χ0v) is 42.1. The van der Waals surface area contributed by atoms with Crippen molar-refractivity contribution in [1.82, 2.24) is 0 Å². The molecule has 2 aliphatic rings. The predicted octanol–water partition coefficient (Wildman–Crippen LogP) is 20.0. The van der Waals surface area contributed by atoms with Gasteiger partial charge in [0.25, 0.3) is 0 Å². The van der Waals surface area contributed by atoms with Gasteiger partial charge in [0.15, 0.2) is 0 Å². The maximum atomic E-state index is 6.88. The standard InChI is InChI=1S/C73H51NO/c1-72(2,3)53-36-31-48(32-37-53)46-27-29-47(30-28-46)49-33-38-54(39-34-49)74(68-42-35-50-15-6-7-18-56(50)70(68)61-23-14-22-60-59-21-10-13-26-69(59)75-71(60)61)55-40-41-66-63(45-55)62-43-51-16-4-5-17-52(51)44-67(62)73(66)64-24-11-8-19-57(64)58-20-9-12-25-65(58)73/h4-45H,1-3H3. The Morgan fingerprint density at radius 1 is 0.347 bits per heavy atom. The van der Waals surface area contributed by atoms with Crippen molar-refractivity contribution in [1.29, 1.82) is 0 Å². The number of anilines is 3. The maximum absolute atomic E-state index is 6.88.